The third-order valence-corrected chi connectivity index (χ3v) is 6.03. The maximum absolute atomic E-state index is 12.4. The SMILES string of the molecule is CC(C)(C(NC(=O)c1ccc(C#CC#CCO)cc1)C(=O)NO)S(C)(=O)=O. The van der Waals surface area contributed by atoms with Gasteiger partial charge in [0.2, 0.25) is 0 Å². The van der Waals surface area contributed by atoms with Crippen LogP contribution in [-0.2, 0) is 14.6 Å². The van der Waals surface area contributed by atoms with Crippen LogP contribution in [0.15, 0.2) is 24.3 Å². The smallest absolute Gasteiger partial charge is 0.267 e. The minimum atomic E-state index is -3.74. The predicted molar refractivity (Wildman–Crippen MR) is 98.3 cm³/mol. The lowest BCUT2D eigenvalue weighted by molar-refractivity contribution is -0.131. The van der Waals surface area contributed by atoms with E-state index in [1.807, 2.05) is 0 Å². The lowest BCUT2D eigenvalue weighted by atomic mass is 10.0. The van der Waals surface area contributed by atoms with Crippen LogP contribution in [0.25, 0.3) is 0 Å². The number of benzene rings is 1. The maximum atomic E-state index is 12.4. The fourth-order valence-corrected chi connectivity index (χ4v) is 2.53. The fraction of sp³-hybridized carbons (Fsp3) is 0.333. The second kappa shape index (κ2) is 9.19. The molecule has 0 aliphatic carbocycles. The Kier molecular flexibility index (Phi) is 7.56. The highest BCUT2D eigenvalue weighted by atomic mass is 32.2. The zero-order valence-corrected chi connectivity index (χ0v) is 15.8. The van der Waals surface area contributed by atoms with Crippen molar-refractivity contribution in [2.24, 2.45) is 0 Å². The summed E-state index contributed by atoms with van der Waals surface area (Å²) in [5.41, 5.74) is 2.11. The van der Waals surface area contributed by atoms with Crippen LogP contribution in [0.3, 0.4) is 0 Å². The van der Waals surface area contributed by atoms with Gasteiger partial charge in [-0.25, -0.2) is 13.9 Å². The number of aliphatic hydroxyl groups is 1. The van der Waals surface area contributed by atoms with Crippen LogP contribution in [-0.4, -0.2) is 54.2 Å². The van der Waals surface area contributed by atoms with Gasteiger partial charge in [0.25, 0.3) is 11.8 Å². The Morgan fingerprint density at radius 3 is 2.26 bits per heavy atom. The van der Waals surface area contributed by atoms with Gasteiger partial charge in [-0.3, -0.25) is 14.8 Å². The van der Waals surface area contributed by atoms with Gasteiger partial charge in [0, 0.05) is 17.4 Å². The van der Waals surface area contributed by atoms with E-state index in [4.69, 9.17) is 10.3 Å². The van der Waals surface area contributed by atoms with Gasteiger partial charge in [0.1, 0.15) is 12.6 Å². The number of hydroxylamine groups is 1. The van der Waals surface area contributed by atoms with Crippen LogP contribution >= 0.6 is 0 Å². The van der Waals surface area contributed by atoms with E-state index in [9.17, 15) is 18.0 Å². The number of nitrogens with one attached hydrogen (secondary N) is 2. The fourth-order valence-electron chi connectivity index (χ4n) is 1.94. The van der Waals surface area contributed by atoms with Crippen LogP contribution in [0.2, 0.25) is 0 Å². The van der Waals surface area contributed by atoms with Crippen LogP contribution in [0.1, 0.15) is 29.8 Å². The van der Waals surface area contributed by atoms with Crippen molar-refractivity contribution >= 4 is 21.7 Å². The summed E-state index contributed by atoms with van der Waals surface area (Å²) >= 11 is 0. The van der Waals surface area contributed by atoms with Crippen molar-refractivity contribution < 1.29 is 28.3 Å². The molecule has 4 N–H and O–H groups in total. The predicted octanol–water partition coefficient (Wildman–Crippen LogP) is -0.539. The van der Waals surface area contributed by atoms with Crippen molar-refractivity contribution in [3.8, 4) is 23.7 Å². The van der Waals surface area contributed by atoms with E-state index in [0.29, 0.717) is 5.56 Å². The van der Waals surface area contributed by atoms with Gasteiger partial charge in [-0.05, 0) is 50.0 Å². The van der Waals surface area contributed by atoms with Crippen LogP contribution in [0, 0.1) is 23.7 Å². The minimum Gasteiger partial charge on any atom is -0.384 e. The number of hydrogen-bond donors (Lipinski definition) is 4. The molecule has 1 atom stereocenters. The van der Waals surface area contributed by atoms with E-state index in [-0.39, 0.29) is 12.2 Å². The Bertz CT molecular complexity index is 928. The van der Waals surface area contributed by atoms with Gasteiger partial charge >= 0.3 is 0 Å². The van der Waals surface area contributed by atoms with Crippen LogP contribution in [0.5, 0.6) is 0 Å². The van der Waals surface area contributed by atoms with Crippen molar-refractivity contribution in [3.63, 3.8) is 0 Å². The van der Waals surface area contributed by atoms with E-state index in [2.05, 4.69) is 29.0 Å². The molecule has 27 heavy (non-hydrogen) atoms. The lowest BCUT2D eigenvalue weighted by Gasteiger charge is -2.31. The highest BCUT2D eigenvalue weighted by molar-refractivity contribution is 7.92. The number of aliphatic hydroxyl groups excluding tert-OH is 1. The number of carbonyl (C=O) groups excluding carboxylic acids is 2. The molecule has 0 aliphatic rings. The highest BCUT2D eigenvalue weighted by Gasteiger charge is 2.44. The first-order chi connectivity index (χ1) is 12.5. The Labute approximate surface area is 157 Å². The average molecular weight is 392 g/mol. The Balaban J connectivity index is 3.06. The average Bonchev–Trinajstić information content (AvgIpc) is 2.61. The van der Waals surface area contributed by atoms with Gasteiger partial charge in [-0.1, -0.05) is 11.8 Å². The molecular weight excluding hydrogens is 372 g/mol. The summed E-state index contributed by atoms with van der Waals surface area (Å²) in [6.07, 6.45) is 0.934. The summed E-state index contributed by atoms with van der Waals surface area (Å²) in [4.78, 5) is 24.3. The second-order valence-electron chi connectivity index (χ2n) is 6.05. The van der Waals surface area contributed by atoms with Gasteiger partial charge in [0.15, 0.2) is 9.84 Å². The van der Waals surface area contributed by atoms with E-state index in [1.165, 1.54) is 31.5 Å². The molecule has 144 valence electrons. The summed E-state index contributed by atoms with van der Waals surface area (Å²) in [5.74, 6) is 8.30. The highest BCUT2D eigenvalue weighted by Crippen LogP contribution is 2.21. The molecule has 8 nitrogen and oxygen atoms in total. The van der Waals surface area contributed by atoms with E-state index < -0.39 is 32.4 Å². The van der Waals surface area contributed by atoms with Crippen LogP contribution in [0.4, 0.5) is 0 Å². The molecule has 0 saturated heterocycles. The molecule has 1 aromatic rings. The van der Waals surface area contributed by atoms with Crippen molar-refractivity contribution in [3.05, 3.63) is 35.4 Å². The van der Waals surface area contributed by atoms with Crippen molar-refractivity contribution in [2.75, 3.05) is 12.9 Å². The molecule has 0 radical (unpaired) electrons. The molecule has 0 spiro atoms. The third-order valence-electron chi connectivity index (χ3n) is 3.88. The lowest BCUT2D eigenvalue weighted by Crippen LogP contribution is -2.60. The molecule has 0 bridgehead atoms. The zero-order valence-electron chi connectivity index (χ0n) is 15.0. The first-order valence-electron chi connectivity index (χ1n) is 7.68. The van der Waals surface area contributed by atoms with Crippen LogP contribution < -0.4 is 10.8 Å². The summed E-state index contributed by atoms with van der Waals surface area (Å²) in [7, 11) is -3.74. The number of amides is 2. The normalized spacial score (nSPS) is 11.9. The topological polar surface area (TPSA) is 133 Å². The van der Waals surface area contributed by atoms with Gasteiger partial charge in [-0.2, -0.15) is 0 Å². The number of carbonyl (C=O) groups is 2. The Morgan fingerprint density at radius 2 is 1.78 bits per heavy atom. The van der Waals surface area contributed by atoms with Crippen molar-refractivity contribution in [1.29, 1.82) is 0 Å². The quantitative estimate of drug-likeness (QED) is 0.302. The maximum Gasteiger partial charge on any atom is 0.267 e. The molecule has 1 aromatic carbocycles. The Morgan fingerprint density at radius 1 is 1.19 bits per heavy atom. The molecule has 0 fully saturated rings. The van der Waals surface area contributed by atoms with Crippen molar-refractivity contribution in [1.82, 2.24) is 10.8 Å². The van der Waals surface area contributed by atoms with E-state index in [1.54, 1.807) is 12.1 Å². The van der Waals surface area contributed by atoms with Gasteiger partial charge < -0.3 is 10.4 Å². The monoisotopic (exact) mass is 392 g/mol. The van der Waals surface area contributed by atoms with E-state index >= 15 is 0 Å². The second-order valence-corrected chi connectivity index (χ2v) is 8.64. The summed E-state index contributed by atoms with van der Waals surface area (Å²) in [5, 5.41) is 19.8. The largest absolute Gasteiger partial charge is 0.384 e. The first-order valence-corrected chi connectivity index (χ1v) is 9.58. The molecule has 2 amide bonds. The minimum absolute atomic E-state index is 0.169. The molecular formula is C18H20N2O6S. The molecule has 0 aliphatic heterocycles. The first kappa shape index (κ1) is 22.2. The number of rotatable bonds is 5. The summed E-state index contributed by atoms with van der Waals surface area (Å²) in [6.45, 7) is 2.25. The number of sulfone groups is 1. The summed E-state index contributed by atoms with van der Waals surface area (Å²) in [6, 6.07) is 4.47. The van der Waals surface area contributed by atoms with Gasteiger partial charge in [-0.15, -0.1) is 0 Å². The standard InChI is InChI=1S/C18H20N2O6S/c1-18(2,27(3,25)26)15(17(23)20-24)19-16(22)14-10-8-13(9-11-14)7-5-4-6-12-21/h8-11,15,21,24H,12H2,1-3H3,(H,19,22)(H,20,23). The van der Waals surface area contributed by atoms with Gasteiger partial charge in [0.05, 0.1) is 4.75 Å². The summed E-state index contributed by atoms with van der Waals surface area (Å²) < 4.78 is 22.3. The molecule has 1 unspecified atom stereocenters. The molecule has 0 saturated carbocycles. The molecule has 9 heteroatoms. The third kappa shape index (κ3) is 5.83. The number of hydrogen-bond acceptors (Lipinski definition) is 6. The Hall–Kier alpha value is -2.85. The van der Waals surface area contributed by atoms with E-state index in [0.717, 1.165) is 6.26 Å². The molecule has 1 rings (SSSR count). The molecule has 0 aromatic heterocycles. The zero-order chi connectivity index (χ0) is 20.7. The van der Waals surface area contributed by atoms with Crippen molar-refractivity contribution in [2.45, 2.75) is 24.6 Å². The molecule has 0 heterocycles.